The van der Waals surface area contributed by atoms with Crippen LogP contribution in [-0.2, 0) is 16.0 Å². The highest BCUT2D eigenvalue weighted by atomic mass is 32.1. The van der Waals surface area contributed by atoms with Crippen LogP contribution in [0.25, 0.3) is 0 Å². The zero-order valence-electron chi connectivity index (χ0n) is 15.3. The molecule has 8 heteroatoms. The molecule has 26 heavy (non-hydrogen) atoms. The fourth-order valence-electron chi connectivity index (χ4n) is 3.16. The van der Waals surface area contributed by atoms with Crippen molar-refractivity contribution in [2.24, 2.45) is 0 Å². The first-order valence-corrected chi connectivity index (χ1v) is 9.47. The van der Waals surface area contributed by atoms with Crippen LogP contribution in [0.4, 0.5) is 5.13 Å². The minimum Gasteiger partial charge on any atom is -0.496 e. The van der Waals surface area contributed by atoms with Crippen molar-refractivity contribution in [1.82, 2.24) is 15.1 Å². The van der Waals surface area contributed by atoms with Crippen LogP contribution in [-0.4, -0.2) is 60.0 Å². The lowest BCUT2D eigenvalue weighted by atomic mass is 10.1. The molecule has 1 saturated heterocycles. The summed E-state index contributed by atoms with van der Waals surface area (Å²) in [5, 5.41) is 12.5. The number of carbonyl (C=O) groups is 1. The quantitative estimate of drug-likeness (QED) is 0.833. The molecule has 0 saturated carbocycles. The van der Waals surface area contributed by atoms with Gasteiger partial charge in [-0.2, -0.15) is 0 Å². The van der Waals surface area contributed by atoms with Crippen molar-refractivity contribution in [3.8, 4) is 5.75 Å². The Morgan fingerprint density at radius 3 is 2.77 bits per heavy atom. The zero-order valence-corrected chi connectivity index (χ0v) is 16.1. The minimum atomic E-state index is -0.0775. The fraction of sp³-hybridized carbons (Fsp3) is 0.500. The number of hydrogen-bond acceptors (Lipinski definition) is 7. The Hall–Kier alpha value is -2.03. The SMILES string of the molecule is COc1ccccc1Cc1nnc(NC(=O)CN2CC(C)OC(C)C2)s1. The number of carbonyl (C=O) groups excluding carboxylic acids is 1. The third-order valence-electron chi connectivity index (χ3n) is 4.11. The third kappa shape index (κ3) is 5.00. The average molecular weight is 376 g/mol. The number of methoxy groups -OCH3 is 1. The standard InChI is InChI=1S/C18H24N4O3S/c1-12-9-22(10-13(2)25-12)11-16(23)19-18-21-20-17(26-18)8-14-6-4-5-7-15(14)24-3/h4-7,12-13H,8-11H2,1-3H3,(H,19,21,23). The van der Waals surface area contributed by atoms with Gasteiger partial charge in [0.1, 0.15) is 10.8 Å². The lowest BCUT2D eigenvalue weighted by Gasteiger charge is -2.34. The van der Waals surface area contributed by atoms with Crippen LogP contribution in [0, 0.1) is 0 Å². The van der Waals surface area contributed by atoms with Crippen LogP contribution < -0.4 is 10.1 Å². The molecule has 1 N–H and O–H groups in total. The third-order valence-corrected chi connectivity index (χ3v) is 4.95. The zero-order chi connectivity index (χ0) is 18.5. The molecular weight excluding hydrogens is 352 g/mol. The van der Waals surface area contributed by atoms with Crippen LogP contribution in [0.15, 0.2) is 24.3 Å². The van der Waals surface area contributed by atoms with Gasteiger partial charge in [0.15, 0.2) is 0 Å². The molecule has 0 bridgehead atoms. The molecule has 1 aromatic carbocycles. The number of para-hydroxylation sites is 1. The first kappa shape index (κ1) is 18.8. The predicted molar refractivity (Wildman–Crippen MR) is 101 cm³/mol. The Morgan fingerprint density at radius 2 is 2.04 bits per heavy atom. The van der Waals surface area contributed by atoms with Crippen molar-refractivity contribution in [1.29, 1.82) is 0 Å². The van der Waals surface area contributed by atoms with Crippen molar-refractivity contribution in [3.63, 3.8) is 0 Å². The van der Waals surface area contributed by atoms with Gasteiger partial charge in [-0.15, -0.1) is 10.2 Å². The highest BCUT2D eigenvalue weighted by molar-refractivity contribution is 7.15. The number of amides is 1. The number of ether oxygens (including phenoxy) is 2. The number of morpholine rings is 1. The summed E-state index contributed by atoms with van der Waals surface area (Å²) in [6, 6.07) is 7.82. The van der Waals surface area contributed by atoms with Crippen LogP contribution in [0.2, 0.25) is 0 Å². The van der Waals surface area contributed by atoms with Gasteiger partial charge in [-0.1, -0.05) is 29.5 Å². The molecule has 1 aromatic heterocycles. The van der Waals surface area contributed by atoms with Crippen LogP contribution in [0.5, 0.6) is 5.75 Å². The van der Waals surface area contributed by atoms with Gasteiger partial charge in [-0.3, -0.25) is 15.0 Å². The maximum absolute atomic E-state index is 12.3. The van der Waals surface area contributed by atoms with Gasteiger partial charge in [0.05, 0.1) is 25.9 Å². The molecule has 1 amide bonds. The molecule has 2 aromatic rings. The van der Waals surface area contributed by atoms with E-state index in [9.17, 15) is 4.79 Å². The summed E-state index contributed by atoms with van der Waals surface area (Å²) < 4.78 is 11.1. The number of anilines is 1. The molecule has 0 aliphatic carbocycles. The number of benzene rings is 1. The fourth-order valence-corrected chi connectivity index (χ4v) is 3.94. The van der Waals surface area contributed by atoms with E-state index < -0.39 is 0 Å². The minimum absolute atomic E-state index is 0.0775. The lowest BCUT2D eigenvalue weighted by molar-refractivity contribution is -0.121. The van der Waals surface area contributed by atoms with E-state index in [2.05, 4.69) is 20.4 Å². The Bertz CT molecular complexity index is 742. The van der Waals surface area contributed by atoms with Gasteiger partial charge in [0, 0.05) is 25.1 Å². The average Bonchev–Trinajstić information content (AvgIpc) is 3.01. The molecule has 7 nitrogen and oxygen atoms in total. The summed E-state index contributed by atoms with van der Waals surface area (Å²) in [6.45, 7) is 5.89. The second-order valence-electron chi connectivity index (χ2n) is 6.49. The van der Waals surface area contributed by atoms with E-state index in [-0.39, 0.29) is 18.1 Å². The van der Waals surface area contributed by atoms with E-state index in [4.69, 9.17) is 9.47 Å². The van der Waals surface area contributed by atoms with Crippen molar-refractivity contribution >= 4 is 22.4 Å². The van der Waals surface area contributed by atoms with Crippen molar-refractivity contribution in [3.05, 3.63) is 34.8 Å². The van der Waals surface area contributed by atoms with Gasteiger partial charge < -0.3 is 9.47 Å². The molecule has 3 rings (SSSR count). The maximum atomic E-state index is 12.3. The Morgan fingerprint density at radius 1 is 1.31 bits per heavy atom. The molecule has 1 aliphatic rings. The number of aromatic nitrogens is 2. The van der Waals surface area contributed by atoms with Crippen LogP contribution in [0.1, 0.15) is 24.4 Å². The van der Waals surface area contributed by atoms with E-state index in [1.807, 2.05) is 38.1 Å². The van der Waals surface area contributed by atoms with Crippen molar-refractivity contribution < 1.29 is 14.3 Å². The Kier molecular flexibility index (Phi) is 6.18. The highest BCUT2D eigenvalue weighted by Crippen LogP contribution is 2.24. The first-order valence-electron chi connectivity index (χ1n) is 8.65. The summed E-state index contributed by atoms with van der Waals surface area (Å²) in [5.74, 6) is 0.745. The van der Waals surface area contributed by atoms with E-state index in [1.54, 1.807) is 7.11 Å². The van der Waals surface area contributed by atoms with Gasteiger partial charge in [-0.25, -0.2) is 0 Å². The van der Waals surface area contributed by atoms with E-state index in [0.717, 1.165) is 29.4 Å². The normalized spacial score (nSPS) is 20.7. The van der Waals surface area contributed by atoms with Gasteiger partial charge in [0.2, 0.25) is 11.0 Å². The molecule has 1 aliphatic heterocycles. The second kappa shape index (κ2) is 8.57. The van der Waals surface area contributed by atoms with E-state index in [1.165, 1.54) is 11.3 Å². The molecule has 2 heterocycles. The molecule has 0 radical (unpaired) electrons. The molecule has 1 fully saturated rings. The number of hydrogen-bond donors (Lipinski definition) is 1. The van der Waals surface area contributed by atoms with Crippen molar-refractivity contribution in [2.75, 3.05) is 32.1 Å². The largest absolute Gasteiger partial charge is 0.496 e. The monoisotopic (exact) mass is 376 g/mol. The molecule has 140 valence electrons. The van der Waals surface area contributed by atoms with Gasteiger partial charge in [-0.05, 0) is 19.9 Å². The first-order chi connectivity index (χ1) is 12.5. The number of nitrogens with zero attached hydrogens (tertiary/aromatic N) is 3. The predicted octanol–water partition coefficient (Wildman–Crippen LogP) is 2.19. The topological polar surface area (TPSA) is 76.6 Å². The lowest BCUT2D eigenvalue weighted by Crippen LogP contribution is -2.48. The highest BCUT2D eigenvalue weighted by Gasteiger charge is 2.24. The summed E-state index contributed by atoms with van der Waals surface area (Å²) in [5.41, 5.74) is 1.04. The number of nitrogens with one attached hydrogen (secondary N) is 1. The van der Waals surface area contributed by atoms with Crippen LogP contribution >= 0.6 is 11.3 Å². The maximum Gasteiger partial charge on any atom is 0.240 e. The smallest absolute Gasteiger partial charge is 0.240 e. The second-order valence-corrected chi connectivity index (χ2v) is 7.55. The van der Waals surface area contributed by atoms with Gasteiger partial charge >= 0.3 is 0 Å². The molecule has 2 unspecified atom stereocenters. The summed E-state index contributed by atoms with van der Waals surface area (Å²) >= 11 is 1.39. The molecule has 2 atom stereocenters. The van der Waals surface area contributed by atoms with E-state index >= 15 is 0 Å². The Labute approximate surface area is 157 Å². The van der Waals surface area contributed by atoms with Crippen molar-refractivity contribution in [2.45, 2.75) is 32.5 Å². The summed E-state index contributed by atoms with van der Waals surface area (Å²) in [7, 11) is 1.65. The number of rotatable bonds is 6. The summed E-state index contributed by atoms with van der Waals surface area (Å²) in [6.07, 6.45) is 0.900. The Balaban J connectivity index is 1.55. The van der Waals surface area contributed by atoms with Gasteiger partial charge in [0.25, 0.3) is 0 Å². The van der Waals surface area contributed by atoms with E-state index in [0.29, 0.717) is 18.1 Å². The molecular formula is C18H24N4O3S. The summed E-state index contributed by atoms with van der Waals surface area (Å²) in [4.78, 5) is 14.4. The van der Waals surface area contributed by atoms with Crippen LogP contribution in [0.3, 0.4) is 0 Å². The molecule has 0 spiro atoms.